The lowest BCUT2D eigenvalue weighted by molar-refractivity contribution is -0.286. The second kappa shape index (κ2) is 6.51. The van der Waals surface area contributed by atoms with Gasteiger partial charge in [0.15, 0.2) is 18.1 Å². The Kier molecular flexibility index (Phi) is 4.15. The number of alkyl halides is 2. The lowest BCUT2D eigenvalue weighted by Gasteiger charge is -2.06. The van der Waals surface area contributed by atoms with E-state index in [0.29, 0.717) is 4.88 Å². The first-order valence-electron chi connectivity index (χ1n) is 7.75. The van der Waals surface area contributed by atoms with Gasteiger partial charge in [-0.2, -0.15) is 0 Å². The second-order valence-electron chi connectivity index (χ2n) is 5.60. The number of carbonyl (C=O) groups is 2. The van der Waals surface area contributed by atoms with E-state index in [0.717, 1.165) is 10.1 Å². The highest BCUT2D eigenvalue weighted by molar-refractivity contribution is 7.20. The average molecular weight is 391 g/mol. The fourth-order valence-electron chi connectivity index (χ4n) is 2.51. The highest BCUT2D eigenvalue weighted by atomic mass is 32.1. The number of esters is 1. The van der Waals surface area contributed by atoms with Gasteiger partial charge in [0.1, 0.15) is 4.88 Å². The maximum Gasteiger partial charge on any atom is 0.586 e. The van der Waals surface area contributed by atoms with Crippen molar-refractivity contribution in [2.45, 2.75) is 6.29 Å². The van der Waals surface area contributed by atoms with Crippen molar-refractivity contribution in [3.63, 3.8) is 0 Å². The maximum atomic E-state index is 13.0. The largest absolute Gasteiger partial charge is 0.586 e. The van der Waals surface area contributed by atoms with Gasteiger partial charge in [0.25, 0.3) is 5.91 Å². The summed E-state index contributed by atoms with van der Waals surface area (Å²) in [7, 11) is 0. The van der Waals surface area contributed by atoms with Gasteiger partial charge in [0.2, 0.25) is 0 Å². The van der Waals surface area contributed by atoms with Crippen molar-refractivity contribution in [3.8, 4) is 11.5 Å². The summed E-state index contributed by atoms with van der Waals surface area (Å²) in [6.45, 7) is -0.516. The molecule has 1 amide bonds. The Balaban J connectivity index is 1.35. The average Bonchev–Trinajstić information content (AvgIpc) is 3.18. The van der Waals surface area contributed by atoms with E-state index in [1.807, 2.05) is 24.3 Å². The van der Waals surface area contributed by atoms with Crippen molar-refractivity contribution in [1.82, 2.24) is 0 Å². The number of carbonyl (C=O) groups excluding carboxylic acids is 2. The Labute approximate surface area is 155 Å². The molecule has 1 aliphatic heterocycles. The van der Waals surface area contributed by atoms with Gasteiger partial charge in [-0.3, -0.25) is 4.79 Å². The minimum atomic E-state index is -3.73. The molecule has 1 aliphatic rings. The van der Waals surface area contributed by atoms with E-state index in [1.165, 1.54) is 29.5 Å². The first-order valence-corrected chi connectivity index (χ1v) is 8.57. The SMILES string of the molecule is O=C(COC(=O)c1cc2ccccc2s1)Nc1ccc2c(c1)OC(F)(F)O2. The van der Waals surface area contributed by atoms with Crippen LogP contribution in [0.1, 0.15) is 9.67 Å². The Hall–Kier alpha value is -3.20. The predicted octanol–water partition coefficient (Wildman–Crippen LogP) is 4.02. The molecular formula is C18H11F2NO5S. The van der Waals surface area contributed by atoms with E-state index in [9.17, 15) is 18.4 Å². The van der Waals surface area contributed by atoms with E-state index in [4.69, 9.17) is 4.74 Å². The van der Waals surface area contributed by atoms with Crippen LogP contribution in [0.3, 0.4) is 0 Å². The van der Waals surface area contributed by atoms with Gasteiger partial charge >= 0.3 is 12.3 Å². The summed E-state index contributed by atoms with van der Waals surface area (Å²) in [5.74, 6) is -1.55. The first-order chi connectivity index (χ1) is 12.9. The summed E-state index contributed by atoms with van der Waals surface area (Å²) in [5.41, 5.74) is 0.206. The molecule has 0 saturated carbocycles. The molecule has 0 saturated heterocycles. The summed E-state index contributed by atoms with van der Waals surface area (Å²) in [4.78, 5) is 24.4. The van der Waals surface area contributed by atoms with Crippen molar-refractivity contribution in [2.24, 2.45) is 0 Å². The molecule has 9 heteroatoms. The van der Waals surface area contributed by atoms with Crippen molar-refractivity contribution < 1.29 is 32.6 Å². The van der Waals surface area contributed by atoms with E-state index >= 15 is 0 Å². The zero-order chi connectivity index (χ0) is 19.0. The molecule has 2 heterocycles. The molecule has 27 heavy (non-hydrogen) atoms. The van der Waals surface area contributed by atoms with Crippen LogP contribution in [-0.4, -0.2) is 24.8 Å². The summed E-state index contributed by atoms with van der Waals surface area (Å²) in [6.07, 6.45) is -3.73. The van der Waals surface area contributed by atoms with Gasteiger partial charge in [0.05, 0.1) is 0 Å². The molecule has 138 valence electrons. The maximum absolute atomic E-state index is 13.0. The molecule has 0 unspecified atom stereocenters. The minimum absolute atomic E-state index is 0.130. The summed E-state index contributed by atoms with van der Waals surface area (Å²) < 4.78 is 40.5. The zero-order valence-electron chi connectivity index (χ0n) is 13.5. The number of fused-ring (bicyclic) bond motifs is 2. The van der Waals surface area contributed by atoms with Crippen LogP contribution in [0.4, 0.5) is 14.5 Å². The lowest BCUT2D eigenvalue weighted by atomic mass is 10.2. The third-order valence-corrected chi connectivity index (χ3v) is 4.74. The van der Waals surface area contributed by atoms with Crippen LogP contribution in [0.25, 0.3) is 10.1 Å². The van der Waals surface area contributed by atoms with Crippen LogP contribution in [0, 0.1) is 0 Å². The molecule has 0 radical (unpaired) electrons. The number of benzene rings is 2. The highest BCUT2D eigenvalue weighted by Gasteiger charge is 2.43. The Bertz CT molecular complexity index is 1020. The Morgan fingerprint density at radius 1 is 1.07 bits per heavy atom. The fraction of sp³-hybridized carbons (Fsp3) is 0.111. The predicted molar refractivity (Wildman–Crippen MR) is 93.4 cm³/mol. The highest BCUT2D eigenvalue weighted by Crippen LogP contribution is 2.42. The quantitative estimate of drug-likeness (QED) is 0.680. The molecule has 2 aromatic carbocycles. The molecule has 0 atom stereocenters. The number of halogens is 2. The van der Waals surface area contributed by atoms with E-state index in [2.05, 4.69) is 14.8 Å². The topological polar surface area (TPSA) is 73.9 Å². The summed E-state index contributed by atoms with van der Waals surface area (Å²) >= 11 is 1.27. The van der Waals surface area contributed by atoms with Crippen LogP contribution in [0.2, 0.25) is 0 Å². The van der Waals surface area contributed by atoms with Crippen LogP contribution in [0.5, 0.6) is 11.5 Å². The number of rotatable bonds is 4. The number of ether oxygens (including phenoxy) is 3. The van der Waals surface area contributed by atoms with Gasteiger partial charge in [-0.1, -0.05) is 18.2 Å². The Morgan fingerprint density at radius 3 is 2.67 bits per heavy atom. The molecule has 1 N–H and O–H groups in total. The number of anilines is 1. The van der Waals surface area contributed by atoms with Crippen LogP contribution < -0.4 is 14.8 Å². The second-order valence-corrected chi connectivity index (χ2v) is 6.69. The Morgan fingerprint density at radius 2 is 1.85 bits per heavy atom. The zero-order valence-corrected chi connectivity index (χ0v) is 14.3. The van der Waals surface area contributed by atoms with Crippen LogP contribution in [0.15, 0.2) is 48.5 Å². The number of amides is 1. The van der Waals surface area contributed by atoms with Gasteiger partial charge in [-0.05, 0) is 29.7 Å². The fourth-order valence-corrected chi connectivity index (χ4v) is 3.47. The number of hydrogen-bond donors (Lipinski definition) is 1. The molecule has 0 fully saturated rings. The van der Waals surface area contributed by atoms with Crippen LogP contribution >= 0.6 is 11.3 Å². The monoisotopic (exact) mass is 391 g/mol. The van der Waals surface area contributed by atoms with Gasteiger partial charge in [-0.15, -0.1) is 20.1 Å². The smallest absolute Gasteiger partial charge is 0.451 e. The van der Waals surface area contributed by atoms with Crippen molar-refractivity contribution in [1.29, 1.82) is 0 Å². The van der Waals surface area contributed by atoms with Crippen molar-refractivity contribution in [3.05, 3.63) is 53.4 Å². The third kappa shape index (κ3) is 3.68. The number of hydrogen-bond acceptors (Lipinski definition) is 6. The van der Waals surface area contributed by atoms with Gasteiger partial charge in [0, 0.05) is 16.5 Å². The molecule has 6 nitrogen and oxygen atoms in total. The number of nitrogens with one attached hydrogen (secondary N) is 1. The van der Waals surface area contributed by atoms with E-state index in [-0.39, 0.29) is 17.2 Å². The van der Waals surface area contributed by atoms with Gasteiger partial charge < -0.3 is 19.5 Å². The third-order valence-electron chi connectivity index (χ3n) is 3.65. The molecule has 3 aromatic rings. The number of thiophene rings is 1. The molecule has 1 aromatic heterocycles. The summed E-state index contributed by atoms with van der Waals surface area (Å²) in [6, 6.07) is 13.0. The summed E-state index contributed by atoms with van der Waals surface area (Å²) in [5, 5.41) is 3.35. The van der Waals surface area contributed by atoms with Crippen LogP contribution in [-0.2, 0) is 9.53 Å². The molecule has 0 bridgehead atoms. The first kappa shape index (κ1) is 17.2. The van der Waals surface area contributed by atoms with Gasteiger partial charge in [-0.25, -0.2) is 4.79 Å². The minimum Gasteiger partial charge on any atom is -0.451 e. The standard InChI is InChI=1S/C18H11F2NO5S/c19-18(20)25-12-6-5-11(8-13(12)26-18)21-16(22)9-24-17(23)15-7-10-3-1-2-4-14(10)27-15/h1-8H,9H2,(H,21,22). The van der Waals surface area contributed by atoms with Crippen molar-refractivity contribution >= 4 is 39.0 Å². The molecule has 0 spiro atoms. The van der Waals surface area contributed by atoms with E-state index in [1.54, 1.807) is 6.07 Å². The lowest BCUT2D eigenvalue weighted by Crippen LogP contribution is -2.25. The van der Waals surface area contributed by atoms with Crippen molar-refractivity contribution in [2.75, 3.05) is 11.9 Å². The van der Waals surface area contributed by atoms with E-state index < -0.39 is 24.8 Å². The molecule has 4 rings (SSSR count). The molecule has 0 aliphatic carbocycles. The molecular weight excluding hydrogens is 380 g/mol. The normalized spacial score (nSPS) is 14.1.